The van der Waals surface area contributed by atoms with Crippen LogP contribution in [0.25, 0.3) is 0 Å². The van der Waals surface area contributed by atoms with E-state index >= 15 is 0 Å². The van der Waals surface area contributed by atoms with E-state index in [9.17, 15) is 9.59 Å². The zero-order valence-corrected chi connectivity index (χ0v) is 12.5. The number of carbonyl (C=O) groups excluding carboxylic acids is 2. The summed E-state index contributed by atoms with van der Waals surface area (Å²) in [6.07, 6.45) is 5.03. The molecular weight excluding hydrogens is 284 g/mol. The van der Waals surface area contributed by atoms with Crippen LogP contribution in [0.2, 0.25) is 0 Å². The average Bonchev–Trinajstić information content (AvgIpc) is 2.57. The van der Waals surface area contributed by atoms with Gasteiger partial charge in [0.15, 0.2) is 6.04 Å². The summed E-state index contributed by atoms with van der Waals surface area (Å²) in [6, 6.07) is 7.66. The number of rotatable bonds is 6. The van der Waals surface area contributed by atoms with Crippen LogP contribution in [0.3, 0.4) is 0 Å². The molecule has 1 aliphatic rings. The van der Waals surface area contributed by atoms with Gasteiger partial charge in [0, 0.05) is 6.54 Å². The minimum atomic E-state index is -0.852. The summed E-state index contributed by atoms with van der Waals surface area (Å²) < 4.78 is 5.41. The van der Waals surface area contributed by atoms with E-state index < -0.39 is 18.0 Å². The van der Waals surface area contributed by atoms with Crippen LogP contribution in [0.1, 0.15) is 42.5 Å². The number of esters is 1. The van der Waals surface area contributed by atoms with Gasteiger partial charge in [0.05, 0.1) is 5.56 Å². The summed E-state index contributed by atoms with van der Waals surface area (Å²) in [7, 11) is 0. The number of ether oxygens (including phenoxy) is 1. The molecule has 0 saturated heterocycles. The Morgan fingerprint density at radius 1 is 1.18 bits per heavy atom. The fourth-order valence-electron chi connectivity index (χ4n) is 2.38. The zero-order valence-electron chi connectivity index (χ0n) is 12.5. The quantitative estimate of drug-likeness (QED) is 0.612. The second kappa shape index (κ2) is 8.51. The molecule has 0 aliphatic heterocycles. The van der Waals surface area contributed by atoms with E-state index in [1.165, 1.54) is 6.42 Å². The molecule has 1 saturated carbocycles. The third-order valence-corrected chi connectivity index (χ3v) is 3.66. The third kappa shape index (κ3) is 4.82. The molecule has 2 rings (SSSR count). The van der Waals surface area contributed by atoms with Gasteiger partial charge in [-0.2, -0.15) is 0 Å². The molecule has 1 fully saturated rings. The van der Waals surface area contributed by atoms with Gasteiger partial charge in [-0.05, 0) is 37.8 Å². The largest absolute Gasteiger partial charge is 0.461 e. The number of hydroxylamine groups is 1. The molecular formula is C16H22N2O4. The Morgan fingerprint density at radius 2 is 1.86 bits per heavy atom. The highest BCUT2D eigenvalue weighted by Crippen LogP contribution is 2.20. The van der Waals surface area contributed by atoms with Crippen LogP contribution in [-0.2, 0) is 14.4 Å². The number of benzene rings is 1. The first kappa shape index (κ1) is 16.5. The highest BCUT2D eigenvalue weighted by atomic mass is 16.7. The Bertz CT molecular complexity index is 486. The normalized spacial score (nSPS) is 16.8. The number of nitrogens with one attached hydrogen (secondary N) is 1. The van der Waals surface area contributed by atoms with Gasteiger partial charge in [0.2, 0.25) is 0 Å². The maximum atomic E-state index is 12.0. The maximum Gasteiger partial charge on any atom is 0.356 e. The molecule has 0 heterocycles. The van der Waals surface area contributed by atoms with Crippen LogP contribution in [-0.4, -0.2) is 30.6 Å². The topological polar surface area (TPSA) is 90.6 Å². The van der Waals surface area contributed by atoms with Crippen LogP contribution in [0.15, 0.2) is 30.3 Å². The fraction of sp³-hybridized carbons (Fsp3) is 0.500. The molecule has 0 amide bonds. The maximum absolute atomic E-state index is 12.0. The Kier molecular flexibility index (Phi) is 6.36. The van der Waals surface area contributed by atoms with Crippen molar-refractivity contribution in [1.29, 1.82) is 0 Å². The van der Waals surface area contributed by atoms with Crippen LogP contribution in [0, 0.1) is 0 Å². The highest BCUT2D eigenvalue weighted by molar-refractivity contribution is 5.89. The van der Waals surface area contributed by atoms with Crippen molar-refractivity contribution >= 4 is 11.9 Å². The minimum absolute atomic E-state index is 0.00633. The molecule has 1 atom stereocenters. The summed E-state index contributed by atoms with van der Waals surface area (Å²) in [5.74, 6) is -1.04. The van der Waals surface area contributed by atoms with Crippen molar-refractivity contribution in [2.45, 2.75) is 44.2 Å². The van der Waals surface area contributed by atoms with E-state index in [1.54, 1.807) is 30.3 Å². The smallest absolute Gasteiger partial charge is 0.356 e. The summed E-state index contributed by atoms with van der Waals surface area (Å²) >= 11 is 0. The van der Waals surface area contributed by atoms with Crippen LogP contribution >= 0.6 is 0 Å². The van der Waals surface area contributed by atoms with E-state index in [-0.39, 0.29) is 12.6 Å². The van der Waals surface area contributed by atoms with Gasteiger partial charge in [-0.15, -0.1) is 5.48 Å². The molecule has 0 radical (unpaired) electrons. The lowest BCUT2D eigenvalue weighted by Gasteiger charge is -2.24. The fourth-order valence-corrected chi connectivity index (χ4v) is 2.38. The van der Waals surface area contributed by atoms with Crippen molar-refractivity contribution < 1.29 is 19.2 Å². The molecule has 0 bridgehead atoms. The van der Waals surface area contributed by atoms with Crippen LogP contribution in [0.5, 0.6) is 0 Å². The molecule has 6 heteroatoms. The molecule has 1 aromatic carbocycles. The molecule has 120 valence electrons. The Morgan fingerprint density at radius 3 is 2.50 bits per heavy atom. The van der Waals surface area contributed by atoms with Crippen molar-refractivity contribution in [3.63, 3.8) is 0 Å². The summed E-state index contributed by atoms with van der Waals surface area (Å²) in [5, 5.41) is 0. The summed E-state index contributed by atoms with van der Waals surface area (Å²) in [4.78, 5) is 28.8. The van der Waals surface area contributed by atoms with E-state index in [4.69, 9.17) is 15.3 Å². The van der Waals surface area contributed by atoms with Crippen molar-refractivity contribution in [3.05, 3.63) is 35.9 Å². The second-order valence-corrected chi connectivity index (χ2v) is 5.36. The van der Waals surface area contributed by atoms with Gasteiger partial charge < -0.3 is 15.3 Å². The number of hydrogen-bond acceptors (Lipinski definition) is 6. The van der Waals surface area contributed by atoms with E-state index in [2.05, 4.69) is 5.48 Å². The van der Waals surface area contributed by atoms with Crippen molar-refractivity contribution in [1.82, 2.24) is 5.48 Å². The highest BCUT2D eigenvalue weighted by Gasteiger charge is 2.25. The summed E-state index contributed by atoms with van der Waals surface area (Å²) in [6.45, 7) is -0.00633. The lowest BCUT2D eigenvalue weighted by Crippen LogP contribution is -2.45. The van der Waals surface area contributed by atoms with Gasteiger partial charge >= 0.3 is 11.9 Å². The Balaban J connectivity index is 1.80. The molecule has 6 nitrogen and oxygen atoms in total. The molecule has 0 spiro atoms. The SMILES string of the molecule is NC[C@@H](NOC(=O)c1ccccc1)C(=O)OC1CCCCC1. The molecule has 22 heavy (non-hydrogen) atoms. The first-order valence-electron chi connectivity index (χ1n) is 7.63. The molecule has 0 unspecified atom stereocenters. The number of nitrogens with two attached hydrogens (primary N) is 1. The van der Waals surface area contributed by atoms with Gasteiger partial charge in [-0.1, -0.05) is 24.6 Å². The first-order valence-corrected chi connectivity index (χ1v) is 7.63. The Labute approximate surface area is 129 Å². The van der Waals surface area contributed by atoms with Crippen LogP contribution in [0.4, 0.5) is 0 Å². The number of carbonyl (C=O) groups is 2. The number of hydrogen-bond donors (Lipinski definition) is 2. The van der Waals surface area contributed by atoms with Crippen LogP contribution < -0.4 is 11.2 Å². The first-order chi connectivity index (χ1) is 10.7. The molecule has 0 aromatic heterocycles. The minimum Gasteiger partial charge on any atom is -0.461 e. The lowest BCUT2D eigenvalue weighted by atomic mass is 9.98. The molecule has 3 N–H and O–H groups in total. The van der Waals surface area contributed by atoms with E-state index in [1.807, 2.05) is 0 Å². The van der Waals surface area contributed by atoms with Gasteiger partial charge in [0.1, 0.15) is 6.10 Å². The average molecular weight is 306 g/mol. The molecule has 1 aliphatic carbocycles. The van der Waals surface area contributed by atoms with Gasteiger partial charge in [-0.3, -0.25) is 4.79 Å². The third-order valence-electron chi connectivity index (χ3n) is 3.66. The van der Waals surface area contributed by atoms with Gasteiger partial charge in [0.25, 0.3) is 0 Å². The van der Waals surface area contributed by atoms with Gasteiger partial charge in [-0.25, -0.2) is 4.79 Å². The zero-order chi connectivity index (χ0) is 15.8. The van der Waals surface area contributed by atoms with E-state index in [0.29, 0.717) is 5.56 Å². The Hall–Kier alpha value is -1.92. The lowest BCUT2D eigenvalue weighted by molar-refractivity contribution is -0.155. The molecule has 1 aromatic rings. The predicted molar refractivity (Wildman–Crippen MR) is 80.8 cm³/mol. The monoisotopic (exact) mass is 306 g/mol. The standard InChI is InChI=1S/C16H22N2O4/c17-11-14(16(20)21-13-9-5-2-6-10-13)18-22-15(19)12-7-3-1-4-8-12/h1,3-4,7-8,13-14,18H,2,5-6,9-11,17H2/t14-/m1/s1. The van der Waals surface area contributed by atoms with Crippen molar-refractivity contribution in [2.75, 3.05) is 6.54 Å². The summed E-state index contributed by atoms with van der Waals surface area (Å²) in [5.41, 5.74) is 8.35. The predicted octanol–water partition coefficient (Wildman–Crippen LogP) is 1.55. The van der Waals surface area contributed by atoms with Crippen molar-refractivity contribution in [3.8, 4) is 0 Å². The van der Waals surface area contributed by atoms with E-state index in [0.717, 1.165) is 25.7 Å². The van der Waals surface area contributed by atoms with Crippen molar-refractivity contribution in [2.24, 2.45) is 5.73 Å². The second-order valence-electron chi connectivity index (χ2n) is 5.36.